The number of hydrogen-bond donors (Lipinski definition) is 0. The van der Waals surface area contributed by atoms with Gasteiger partial charge in [-0.15, -0.1) is 11.6 Å². The highest BCUT2D eigenvalue weighted by Crippen LogP contribution is 2.23. The van der Waals surface area contributed by atoms with E-state index in [1.165, 1.54) is 0 Å². The summed E-state index contributed by atoms with van der Waals surface area (Å²) in [5, 5.41) is 0.254. The summed E-state index contributed by atoms with van der Waals surface area (Å²) >= 11 is 6.22. The first-order valence-corrected chi connectivity index (χ1v) is 11.4. The second-order valence-electron chi connectivity index (χ2n) is 4.69. The highest BCUT2D eigenvalue weighted by atomic mass is 35.5. The summed E-state index contributed by atoms with van der Waals surface area (Å²) in [6, 6.07) is 0. The van der Waals surface area contributed by atoms with Crippen LogP contribution in [0.2, 0.25) is 32.7 Å². The van der Waals surface area contributed by atoms with Gasteiger partial charge in [-0.1, -0.05) is 6.92 Å². The lowest BCUT2D eigenvalue weighted by Gasteiger charge is -2.34. The maximum atomic E-state index is 6.22. The van der Waals surface area contributed by atoms with Crippen LogP contribution in [0.4, 0.5) is 0 Å². The van der Waals surface area contributed by atoms with E-state index in [4.69, 9.17) is 15.7 Å². The fourth-order valence-corrected chi connectivity index (χ4v) is 9.55. The third-order valence-corrected chi connectivity index (χ3v) is 10.0. The molecule has 0 bridgehead atoms. The number of hydrogen-bond acceptors (Lipinski definition) is 1. The van der Waals surface area contributed by atoms with E-state index < -0.39 is 16.6 Å². The smallest absolute Gasteiger partial charge is 0.191 e. The SMILES string of the molecule is CCC(Cl)[Si](C)(C)O[Si](C)(C)C. The molecule has 0 aliphatic heterocycles. The Morgan fingerprint density at radius 2 is 1.58 bits per heavy atom. The monoisotopic (exact) mass is 224 g/mol. The number of alkyl halides is 1. The van der Waals surface area contributed by atoms with Crippen molar-refractivity contribution in [3.8, 4) is 0 Å². The zero-order valence-corrected chi connectivity index (χ0v) is 11.8. The van der Waals surface area contributed by atoms with E-state index in [1.807, 2.05) is 0 Å². The molecule has 0 heterocycles. The van der Waals surface area contributed by atoms with E-state index in [0.29, 0.717) is 0 Å². The van der Waals surface area contributed by atoms with Gasteiger partial charge in [0.15, 0.2) is 16.6 Å². The van der Waals surface area contributed by atoms with Crippen LogP contribution in [0.25, 0.3) is 0 Å². The van der Waals surface area contributed by atoms with Gasteiger partial charge < -0.3 is 4.12 Å². The highest BCUT2D eigenvalue weighted by Gasteiger charge is 2.35. The van der Waals surface area contributed by atoms with E-state index >= 15 is 0 Å². The van der Waals surface area contributed by atoms with Gasteiger partial charge in [0.05, 0.1) is 5.00 Å². The van der Waals surface area contributed by atoms with Gasteiger partial charge in [-0.3, -0.25) is 0 Å². The van der Waals surface area contributed by atoms with Crippen LogP contribution in [0.1, 0.15) is 13.3 Å². The summed E-state index contributed by atoms with van der Waals surface area (Å²) in [4.78, 5) is 0. The molecule has 0 fully saturated rings. The fraction of sp³-hybridized carbons (Fsp3) is 1.00. The predicted octanol–water partition coefficient (Wildman–Crippen LogP) is 3.60. The first-order chi connectivity index (χ1) is 5.19. The molecule has 0 aromatic heterocycles. The molecule has 0 spiro atoms. The van der Waals surface area contributed by atoms with E-state index in [1.54, 1.807) is 0 Å². The Morgan fingerprint density at radius 1 is 1.17 bits per heavy atom. The number of rotatable bonds is 4. The summed E-state index contributed by atoms with van der Waals surface area (Å²) in [6.07, 6.45) is 1.02. The first-order valence-electron chi connectivity index (χ1n) is 4.53. The predicted molar refractivity (Wildman–Crippen MR) is 61.8 cm³/mol. The molecule has 1 atom stereocenters. The lowest BCUT2D eigenvalue weighted by Crippen LogP contribution is -2.48. The van der Waals surface area contributed by atoms with Gasteiger partial charge in [-0.2, -0.15) is 0 Å². The van der Waals surface area contributed by atoms with Crippen LogP contribution in [-0.4, -0.2) is 21.6 Å². The molecule has 1 unspecified atom stereocenters. The standard InChI is InChI=1S/C8H21ClOSi2/c1-7-8(9)12(5,6)10-11(2,3)4/h8H,7H2,1-6H3. The minimum atomic E-state index is -1.61. The Kier molecular flexibility index (Phi) is 4.51. The molecule has 1 nitrogen and oxygen atoms in total. The maximum Gasteiger partial charge on any atom is 0.191 e. The van der Waals surface area contributed by atoms with Crippen molar-refractivity contribution in [1.29, 1.82) is 0 Å². The van der Waals surface area contributed by atoms with Gasteiger partial charge in [-0.05, 0) is 39.2 Å². The molecule has 0 radical (unpaired) electrons. The molecule has 0 saturated heterocycles. The molecule has 0 amide bonds. The summed E-state index contributed by atoms with van der Waals surface area (Å²) in [6.45, 7) is 13.2. The Morgan fingerprint density at radius 3 is 1.83 bits per heavy atom. The Hall–Kier alpha value is 0.684. The van der Waals surface area contributed by atoms with Crippen molar-refractivity contribution < 1.29 is 4.12 Å². The molecule has 74 valence electrons. The largest absolute Gasteiger partial charge is 0.455 e. The van der Waals surface area contributed by atoms with Gasteiger partial charge >= 0.3 is 0 Å². The molecule has 0 aromatic rings. The second-order valence-corrected chi connectivity index (χ2v) is 14.5. The van der Waals surface area contributed by atoms with Crippen molar-refractivity contribution in [2.24, 2.45) is 0 Å². The van der Waals surface area contributed by atoms with Crippen LogP contribution in [0.15, 0.2) is 0 Å². The minimum Gasteiger partial charge on any atom is -0.455 e. The van der Waals surface area contributed by atoms with Gasteiger partial charge in [-0.25, -0.2) is 0 Å². The summed E-state index contributed by atoms with van der Waals surface area (Å²) in [5.74, 6) is 0. The average Bonchev–Trinajstić information content (AvgIpc) is 1.80. The van der Waals surface area contributed by atoms with Crippen LogP contribution in [0.5, 0.6) is 0 Å². The summed E-state index contributed by atoms with van der Waals surface area (Å²) < 4.78 is 6.12. The van der Waals surface area contributed by atoms with Crippen LogP contribution in [-0.2, 0) is 4.12 Å². The molecule has 0 N–H and O–H groups in total. The molecule has 0 aliphatic rings. The molecule has 4 heteroatoms. The third kappa shape index (κ3) is 4.65. The quantitative estimate of drug-likeness (QED) is 0.524. The van der Waals surface area contributed by atoms with Crippen LogP contribution < -0.4 is 0 Å². The lowest BCUT2D eigenvalue weighted by molar-refractivity contribution is 0.541. The summed E-state index contributed by atoms with van der Waals surface area (Å²) in [7, 11) is -3.01. The van der Waals surface area contributed by atoms with Crippen molar-refractivity contribution in [2.45, 2.75) is 51.1 Å². The van der Waals surface area contributed by atoms with Crippen LogP contribution in [0, 0.1) is 0 Å². The molecular formula is C8H21ClOSi2. The Labute approximate surface area is 83.7 Å². The molecule has 0 aromatic carbocycles. The van der Waals surface area contributed by atoms with Gasteiger partial charge in [0.2, 0.25) is 0 Å². The van der Waals surface area contributed by atoms with E-state index in [9.17, 15) is 0 Å². The Bertz CT molecular complexity index is 142. The second kappa shape index (κ2) is 4.26. The first kappa shape index (κ1) is 12.7. The van der Waals surface area contributed by atoms with Crippen LogP contribution in [0.3, 0.4) is 0 Å². The average molecular weight is 225 g/mol. The third-order valence-electron chi connectivity index (χ3n) is 1.68. The highest BCUT2D eigenvalue weighted by molar-refractivity contribution is 6.88. The van der Waals surface area contributed by atoms with Crippen molar-refractivity contribution in [3.05, 3.63) is 0 Å². The van der Waals surface area contributed by atoms with E-state index in [2.05, 4.69) is 39.7 Å². The Balaban J connectivity index is 4.22. The van der Waals surface area contributed by atoms with E-state index in [0.717, 1.165) is 6.42 Å². The number of halogens is 1. The van der Waals surface area contributed by atoms with Crippen molar-refractivity contribution >= 4 is 28.2 Å². The fourth-order valence-electron chi connectivity index (χ4n) is 1.34. The van der Waals surface area contributed by atoms with Crippen molar-refractivity contribution in [3.63, 3.8) is 0 Å². The maximum absolute atomic E-state index is 6.22. The van der Waals surface area contributed by atoms with Gasteiger partial charge in [0.1, 0.15) is 0 Å². The summed E-state index contributed by atoms with van der Waals surface area (Å²) in [5.41, 5.74) is 0. The van der Waals surface area contributed by atoms with E-state index in [-0.39, 0.29) is 5.00 Å². The lowest BCUT2D eigenvalue weighted by atomic mass is 10.6. The zero-order valence-electron chi connectivity index (χ0n) is 9.07. The molecular weight excluding hydrogens is 204 g/mol. The molecule has 0 aliphatic carbocycles. The molecule has 0 saturated carbocycles. The van der Waals surface area contributed by atoms with Crippen molar-refractivity contribution in [2.75, 3.05) is 0 Å². The van der Waals surface area contributed by atoms with Crippen molar-refractivity contribution in [1.82, 2.24) is 0 Å². The van der Waals surface area contributed by atoms with Gasteiger partial charge in [0.25, 0.3) is 0 Å². The topological polar surface area (TPSA) is 9.23 Å². The van der Waals surface area contributed by atoms with Crippen LogP contribution >= 0.6 is 11.6 Å². The zero-order chi connectivity index (χ0) is 9.99. The normalized spacial score (nSPS) is 16.2. The molecule has 0 rings (SSSR count). The van der Waals surface area contributed by atoms with Gasteiger partial charge in [0, 0.05) is 0 Å². The minimum absolute atomic E-state index is 0.254. The molecule has 12 heavy (non-hydrogen) atoms.